The summed E-state index contributed by atoms with van der Waals surface area (Å²) in [5.41, 5.74) is 3.36. The second-order valence-corrected chi connectivity index (χ2v) is 13.9. The summed E-state index contributed by atoms with van der Waals surface area (Å²) in [6.45, 7) is 0. The van der Waals surface area contributed by atoms with E-state index in [0.717, 1.165) is 51.9 Å². The zero-order valence-corrected chi connectivity index (χ0v) is 29.0. The zero-order chi connectivity index (χ0) is 37.8. The highest BCUT2D eigenvalue weighted by molar-refractivity contribution is 6.41. The minimum atomic E-state index is -0.431. The second kappa shape index (κ2) is 10.2. The van der Waals surface area contributed by atoms with Crippen molar-refractivity contribution < 1.29 is 38.4 Å². The summed E-state index contributed by atoms with van der Waals surface area (Å²) in [5, 5.41) is 7.41. The molecule has 0 unspecified atom stereocenters. The van der Waals surface area contributed by atoms with Crippen molar-refractivity contribution in [3.63, 3.8) is 0 Å². The van der Waals surface area contributed by atoms with E-state index >= 15 is 0 Å². The van der Waals surface area contributed by atoms with Gasteiger partial charge < -0.3 is 0 Å². The number of carbonyl (C=O) groups is 8. The van der Waals surface area contributed by atoms with Crippen molar-refractivity contribution in [3.8, 4) is 0 Å². The van der Waals surface area contributed by atoms with Crippen LogP contribution in [0.25, 0.3) is 53.9 Å². The number of rotatable bonds is 0. The monoisotopic (exact) mass is 712 g/mol. The molecule has 12 nitrogen and oxygen atoms in total. The molecule has 0 radical (unpaired) electrons. The Balaban J connectivity index is 0.000000144. The second-order valence-electron chi connectivity index (χ2n) is 13.9. The third kappa shape index (κ3) is 3.56. The van der Waals surface area contributed by atoms with Crippen molar-refractivity contribution in [2.75, 3.05) is 28.2 Å². The van der Waals surface area contributed by atoms with Crippen molar-refractivity contribution >= 4 is 101 Å². The summed E-state index contributed by atoms with van der Waals surface area (Å²) in [7, 11) is 5.82. The van der Waals surface area contributed by atoms with Crippen molar-refractivity contribution in [1.29, 1.82) is 0 Å². The smallest absolute Gasteiger partial charge is 0.261 e. The van der Waals surface area contributed by atoms with Crippen LogP contribution < -0.4 is 0 Å². The molecule has 4 aliphatic rings. The molecule has 54 heavy (non-hydrogen) atoms. The topological polar surface area (TPSA) is 150 Å². The van der Waals surface area contributed by atoms with Crippen LogP contribution in [-0.4, -0.2) is 95.0 Å². The fraction of sp³-hybridized carbons (Fsp3) is 0.0952. The number of carbonyl (C=O) groups excluding carboxylic acids is 8. The molecule has 0 aromatic heterocycles. The van der Waals surface area contributed by atoms with Crippen molar-refractivity contribution in [3.05, 3.63) is 117 Å². The third-order valence-electron chi connectivity index (χ3n) is 11.3. The molecule has 0 bridgehead atoms. The molecule has 0 saturated carbocycles. The molecule has 0 saturated heterocycles. The Labute approximate surface area is 304 Å². The predicted octanol–water partition coefficient (Wildman–Crippen LogP) is 5.48. The fourth-order valence-corrected chi connectivity index (χ4v) is 8.62. The van der Waals surface area contributed by atoms with Gasteiger partial charge in [-0.15, -0.1) is 0 Å². The van der Waals surface area contributed by atoms with Gasteiger partial charge in [-0.25, -0.2) is 0 Å². The predicted molar refractivity (Wildman–Crippen MR) is 197 cm³/mol. The molecule has 12 heteroatoms. The Morgan fingerprint density at radius 2 is 0.389 bits per heavy atom. The van der Waals surface area contributed by atoms with Gasteiger partial charge in [0.05, 0.1) is 0 Å². The number of fused-ring (bicyclic) bond motifs is 2. The molecule has 8 amide bonds. The van der Waals surface area contributed by atoms with Gasteiger partial charge in [0.2, 0.25) is 0 Å². The summed E-state index contributed by atoms with van der Waals surface area (Å²) < 4.78 is 0. The standard InChI is InChI=1S/C26H14N2O4.C16H10N2O4/c1-27-23(29)15-7-3-11-13-5-9-17-22-18(26(32)28(2)25(17)31)10-6-14(20(13)22)12-4-8-16(24(27)30)21(15)19(11)12;1-17-13(19)7-3-5-9-12-10(16(22)18(2)15(9)21)6-4-8(11(7)12)14(17)20/h3-10H,1-2H3;3-6H,1-2H3. The van der Waals surface area contributed by atoms with Crippen molar-refractivity contribution in [2.24, 2.45) is 0 Å². The Morgan fingerprint density at radius 1 is 0.241 bits per heavy atom. The molecule has 4 aliphatic heterocycles. The average Bonchev–Trinajstić information content (AvgIpc) is 3.19. The normalized spacial score (nSPS) is 16.3. The minimum Gasteiger partial charge on any atom is -0.277 e. The summed E-state index contributed by atoms with van der Waals surface area (Å²) in [6, 6.07) is 20.8. The van der Waals surface area contributed by atoms with Gasteiger partial charge in [0.15, 0.2) is 0 Å². The van der Waals surface area contributed by atoms with Crippen LogP contribution in [0.3, 0.4) is 0 Å². The number of imide groups is 4. The molecule has 7 aromatic carbocycles. The Morgan fingerprint density at radius 3 is 0.574 bits per heavy atom. The summed E-state index contributed by atoms with van der Waals surface area (Å²) in [5.74, 6) is -2.99. The van der Waals surface area contributed by atoms with Gasteiger partial charge in [-0.1, -0.05) is 24.3 Å². The Hall–Kier alpha value is -7.34. The van der Waals surface area contributed by atoms with Gasteiger partial charge >= 0.3 is 0 Å². The molecule has 0 aliphatic carbocycles. The van der Waals surface area contributed by atoms with Crippen molar-refractivity contribution in [2.45, 2.75) is 0 Å². The lowest BCUT2D eigenvalue weighted by Crippen LogP contribution is -2.40. The maximum Gasteiger partial charge on any atom is 0.261 e. The maximum atomic E-state index is 12.8. The van der Waals surface area contributed by atoms with E-state index < -0.39 is 23.6 Å². The molecule has 0 fully saturated rings. The van der Waals surface area contributed by atoms with Crippen LogP contribution >= 0.6 is 0 Å². The van der Waals surface area contributed by atoms with Crippen LogP contribution in [0, 0.1) is 0 Å². The highest BCUT2D eigenvalue weighted by Crippen LogP contribution is 2.46. The fourth-order valence-electron chi connectivity index (χ4n) is 8.62. The number of nitrogens with zero attached hydrogens (tertiary/aromatic N) is 4. The molecule has 0 spiro atoms. The van der Waals surface area contributed by atoms with Crippen LogP contribution in [0.2, 0.25) is 0 Å². The van der Waals surface area contributed by atoms with Gasteiger partial charge in [0.25, 0.3) is 47.3 Å². The number of hydrogen-bond acceptors (Lipinski definition) is 8. The Kier molecular flexibility index (Phi) is 5.91. The molecule has 260 valence electrons. The van der Waals surface area contributed by atoms with Crippen LogP contribution in [0.5, 0.6) is 0 Å². The van der Waals surface area contributed by atoms with Crippen LogP contribution in [0.1, 0.15) is 82.9 Å². The van der Waals surface area contributed by atoms with Crippen LogP contribution in [-0.2, 0) is 0 Å². The lowest BCUT2D eigenvalue weighted by Gasteiger charge is -2.29. The molecule has 0 atom stereocenters. The van der Waals surface area contributed by atoms with E-state index in [-0.39, 0.29) is 23.6 Å². The summed E-state index contributed by atoms with van der Waals surface area (Å²) in [6.07, 6.45) is 0. The van der Waals surface area contributed by atoms with Gasteiger partial charge in [-0.2, -0.15) is 0 Å². The lowest BCUT2D eigenvalue weighted by atomic mass is 9.82. The summed E-state index contributed by atoms with van der Waals surface area (Å²) in [4.78, 5) is 105. The third-order valence-corrected chi connectivity index (χ3v) is 11.3. The first kappa shape index (κ1) is 31.4. The quantitative estimate of drug-likeness (QED) is 0.114. The van der Waals surface area contributed by atoms with E-state index in [0.29, 0.717) is 66.1 Å². The molecular weight excluding hydrogens is 688 g/mol. The SMILES string of the molecule is CN1C(=O)c2ccc3c4c(ccc(c24)C1=O)C(=O)N(C)C3=O.CN1C(=O)c2ccc3c4ccc5c6c(ccc(c7ccc(c2c37)C1=O)c64)C(=O)N(C)C5=O. The molecule has 11 rings (SSSR count). The van der Waals surface area contributed by atoms with Crippen molar-refractivity contribution in [1.82, 2.24) is 19.6 Å². The highest BCUT2D eigenvalue weighted by atomic mass is 16.2. The van der Waals surface area contributed by atoms with Gasteiger partial charge in [-0.05, 0) is 80.8 Å². The molecular formula is C42H24N4O8. The largest absolute Gasteiger partial charge is 0.277 e. The lowest BCUT2D eigenvalue weighted by molar-refractivity contribution is 0.0629. The van der Waals surface area contributed by atoms with Gasteiger partial charge in [-0.3, -0.25) is 58.0 Å². The van der Waals surface area contributed by atoms with E-state index in [9.17, 15) is 38.4 Å². The number of hydrogen-bond donors (Lipinski definition) is 0. The van der Waals surface area contributed by atoms with E-state index in [2.05, 4.69) is 0 Å². The Bertz CT molecular complexity index is 2730. The maximum absolute atomic E-state index is 12.8. The average molecular weight is 713 g/mol. The first-order valence-electron chi connectivity index (χ1n) is 16.9. The zero-order valence-electron chi connectivity index (χ0n) is 29.0. The first-order valence-corrected chi connectivity index (χ1v) is 16.9. The molecule has 0 N–H and O–H groups in total. The molecule has 4 heterocycles. The van der Waals surface area contributed by atoms with Gasteiger partial charge in [0, 0.05) is 94.2 Å². The highest BCUT2D eigenvalue weighted by Gasteiger charge is 2.38. The van der Waals surface area contributed by atoms with E-state index in [1.165, 1.54) is 52.5 Å². The molecule has 7 aromatic rings. The number of amides is 8. The van der Waals surface area contributed by atoms with E-state index in [4.69, 9.17) is 0 Å². The minimum absolute atomic E-state index is 0.318. The van der Waals surface area contributed by atoms with Crippen LogP contribution in [0.4, 0.5) is 0 Å². The van der Waals surface area contributed by atoms with Crippen LogP contribution in [0.15, 0.2) is 72.8 Å². The van der Waals surface area contributed by atoms with E-state index in [1.54, 1.807) is 24.3 Å². The number of benzene rings is 7. The first-order chi connectivity index (χ1) is 25.8. The summed E-state index contributed by atoms with van der Waals surface area (Å²) >= 11 is 0. The van der Waals surface area contributed by atoms with E-state index in [1.807, 2.05) is 24.3 Å². The van der Waals surface area contributed by atoms with Gasteiger partial charge in [0.1, 0.15) is 0 Å².